The molecule has 0 aliphatic heterocycles. The molecule has 2 aromatic heterocycles. The molecule has 6 heteroatoms. The number of aliphatic imine (C=N–C) groups is 1. The Bertz CT molecular complexity index is 558. The van der Waals surface area contributed by atoms with Gasteiger partial charge in [0, 0.05) is 37.4 Å². The van der Waals surface area contributed by atoms with E-state index in [0.29, 0.717) is 5.92 Å². The molecule has 2 heterocycles. The van der Waals surface area contributed by atoms with Crippen LogP contribution < -0.4 is 10.6 Å². The highest BCUT2D eigenvalue weighted by atomic mass is 32.1. The van der Waals surface area contributed by atoms with Gasteiger partial charge in [-0.05, 0) is 35.9 Å². The summed E-state index contributed by atoms with van der Waals surface area (Å²) in [5.74, 6) is 1.32. The second kappa shape index (κ2) is 7.83. The van der Waals surface area contributed by atoms with E-state index >= 15 is 0 Å². The third kappa shape index (κ3) is 4.90. The van der Waals surface area contributed by atoms with Crippen LogP contribution in [0.5, 0.6) is 0 Å². The van der Waals surface area contributed by atoms with Crippen molar-refractivity contribution >= 4 is 17.3 Å². The first-order chi connectivity index (χ1) is 10.2. The van der Waals surface area contributed by atoms with Crippen LogP contribution in [0.1, 0.15) is 17.4 Å². The number of rotatable bonds is 6. The van der Waals surface area contributed by atoms with Gasteiger partial charge in [-0.3, -0.25) is 9.67 Å². The molecule has 0 bridgehead atoms. The fourth-order valence-corrected chi connectivity index (χ4v) is 2.88. The van der Waals surface area contributed by atoms with Crippen LogP contribution in [0.25, 0.3) is 0 Å². The zero-order valence-corrected chi connectivity index (χ0v) is 13.7. The smallest absolute Gasteiger partial charge is 0.191 e. The normalized spacial score (nSPS) is 13.2. The molecule has 0 aliphatic rings. The van der Waals surface area contributed by atoms with Crippen molar-refractivity contribution in [3.05, 3.63) is 40.3 Å². The highest BCUT2D eigenvalue weighted by Crippen LogP contribution is 2.14. The number of guanidine groups is 1. The summed E-state index contributed by atoms with van der Waals surface area (Å²) in [6.07, 6.45) is 3.80. The lowest BCUT2D eigenvalue weighted by atomic mass is 10.2. The molecule has 114 valence electrons. The average molecular weight is 305 g/mol. The molecule has 2 aromatic rings. The highest BCUT2D eigenvalue weighted by molar-refractivity contribution is 7.10. The molecule has 0 spiro atoms. The van der Waals surface area contributed by atoms with Gasteiger partial charge in [-0.25, -0.2) is 0 Å². The summed E-state index contributed by atoms with van der Waals surface area (Å²) in [5.41, 5.74) is 1.33. The Labute approximate surface area is 130 Å². The van der Waals surface area contributed by atoms with Crippen molar-refractivity contribution in [3.63, 3.8) is 0 Å². The van der Waals surface area contributed by atoms with E-state index in [1.54, 1.807) is 18.4 Å². The Morgan fingerprint density at radius 2 is 2.33 bits per heavy atom. The lowest BCUT2D eigenvalue weighted by Crippen LogP contribution is -2.39. The van der Waals surface area contributed by atoms with E-state index in [4.69, 9.17) is 0 Å². The Morgan fingerprint density at radius 3 is 2.95 bits per heavy atom. The molecular weight excluding hydrogens is 282 g/mol. The predicted molar refractivity (Wildman–Crippen MR) is 88.6 cm³/mol. The maximum atomic E-state index is 4.26. The van der Waals surface area contributed by atoms with Gasteiger partial charge < -0.3 is 10.6 Å². The molecule has 0 saturated heterocycles. The number of hydrogen-bond donors (Lipinski definition) is 2. The van der Waals surface area contributed by atoms with Crippen molar-refractivity contribution in [3.8, 4) is 0 Å². The van der Waals surface area contributed by atoms with Crippen LogP contribution in [-0.2, 0) is 13.1 Å². The second-order valence-corrected chi connectivity index (χ2v) is 6.17. The Kier molecular flexibility index (Phi) is 5.80. The van der Waals surface area contributed by atoms with E-state index in [-0.39, 0.29) is 0 Å². The minimum atomic E-state index is 0.479. The van der Waals surface area contributed by atoms with Gasteiger partial charge in [0.15, 0.2) is 5.96 Å². The standard InChI is InChI=1S/C15H23N5S/c1-12(11-20-7-4-6-19-20)9-17-15(16-3)18-10-14-13(2)5-8-21-14/h4-8,12H,9-11H2,1-3H3,(H2,16,17,18). The monoisotopic (exact) mass is 305 g/mol. The Balaban J connectivity index is 1.73. The summed E-state index contributed by atoms with van der Waals surface area (Å²) in [4.78, 5) is 5.61. The third-order valence-corrected chi connectivity index (χ3v) is 4.31. The molecule has 0 aromatic carbocycles. The van der Waals surface area contributed by atoms with Gasteiger partial charge in [-0.15, -0.1) is 11.3 Å². The molecule has 21 heavy (non-hydrogen) atoms. The maximum Gasteiger partial charge on any atom is 0.191 e. The number of aryl methyl sites for hydroxylation is 1. The first-order valence-corrected chi connectivity index (χ1v) is 8.02. The number of thiophene rings is 1. The number of nitrogens with zero attached hydrogens (tertiary/aromatic N) is 3. The molecule has 0 radical (unpaired) electrons. The van der Waals surface area contributed by atoms with E-state index in [9.17, 15) is 0 Å². The molecule has 2 N–H and O–H groups in total. The number of hydrogen-bond acceptors (Lipinski definition) is 3. The molecule has 1 atom stereocenters. The molecule has 0 aliphatic carbocycles. The summed E-state index contributed by atoms with van der Waals surface area (Å²) >= 11 is 1.77. The van der Waals surface area contributed by atoms with E-state index in [1.165, 1.54) is 10.4 Å². The fourth-order valence-electron chi connectivity index (χ4n) is 2.03. The second-order valence-electron chi connectivity index (χ2n) is 5.17. The lowest BCUT2D eigenvalue weighted by Gasteiger charge is -2.16. The minimum absolute atomic E-state index is 0.479. The SMILES string of the molecule is CN=C(NCc1sccc1C)NCC(C)Cn1cccn1. The van der Waals surface area contributed by atoms with Crippen LogP contribution in [0.2, 0.25) is 0 Å². The Hall–Kier alpha value is -1.82. The van der Waals surface area contributed by atoms with E-state index < -0.39 is 0 Å². The van der Waals surface area contributed by atoms with Gasteiger partial charge in [0.25, 0.3) is 0 Å². The zero-order chi connectivity index (χ0) is 15.1. The van der Waals surface area contributed by atoms with Crippen molar-refractivity contribution in [2.24, 2.45) is 10.9 Å². The van der Waals surface area contributed by atoms with Gasteiger partial charge in [-0.1, -0.05) is 6.92 Å². The van der Waals surface area contributed by atoms with E-state index in [0.717, 1.165) is 25.6 Å². The number of aromatic nitrogens is 2. The molecule has 2 rings (SSSR count). The van der Waals surface area contributed by atoms with Crippen molar-refractivity contribution in [1.29, 1.82) is 0 Å². The molecule has 0 saturated carbocycles. The van der Waals surface area contributed by atoms with E-state index in [2.05, 4.69) is 46.0 Å². The summed E-state index contributed by atoms with van der Waals surface area (Å²) in [6, 6.07) is 4.09. The predicted octanol–water partition coefficient (Wildman–Crippen LogP) is 2.25. The van der Waals surface area contributed by atoms with Crippen molar-refractivity contribution in [1.82, 2.24) is 20.4 Å². The quantitative estimate of drug-likeness (QED) is 0.636. The van der Waals surface area contributed by atoms with Crippen molar-refractivity contribution in [2.45, 2.75) is 26.9 Å². The summed E-state index contributed by atoms with van der Waals surface area (Å²) in [5, 5.41) is 13.1. The van der Waals surface area contributed by atoms with Gasteiger partial charge >= 0.3 is 0 Å². The maximum absolute atomic E-state index is 4.26. The van der Waals surface area contributed by atoms with Crippen LogP contribution >= 0.6 is 11.3 Å². The molecular formula is C15H23N5S. The Morgan fingerprint density at radius 1 is 1.48 bits per heavy atom. The van der Waals surface area contributed by atoms with Gasteiger partial charge in [-0.2, -0.15) is 5.10 Å². The first-order valence-electron chi connectivity index (χ1n) is 7.14. The topological polar surface area (TPSA) is 54.2 Å². The lowest BCUT2D eigenvalue weighted by molar-refractivity contribution is 0.443. The van der Waals surface area contributed by atoms with Crippen LogP contribution in [0.3, 0.4) is 0 Å². The number of nitrogens with one attached hydrogen (secondary N) is 2. The summed E-state index contributed by atoms with van der Waals surface area (Å²) in [7, 11) is 1.80. The first kappa shape index (κ1) is 15.6. The third-order valence-electron chi connectivity index (χ3n) is 3.28. The molecule has 0 amide bonds. The molecule has 5 nitrogen and oxygen atoms in total. The zero-order valence-electron chi connectivity index (χ0n) is 12.8. The van der Waals surface area contributed by atoms with Crippen molar-refractivity contribution < 1.29 is 0 Å². The van der Waals surface area contributed by atoms with Crippen LogP contribution in [0.4, 0.5) is 0 Å². The van der Waals surface area contributed by atoms with Crippen LogP contribution in [0, 0.1) is 12.8 Å². The average Bonchev–Trinajstić information content (AvgIpc) is 3.11. The van der Waals surface area contributed by atoms with E-state index in [1.807, 2.05) is 23.1 Å². The molecule has 0 fully saturated rings. The van der Waals surface area contributed by atoms with Gasteiger partial charge in [0.2, 0.25) is 0 Å². The largest absolute Gasteiger partial charge is 0.356 e. The summed E-state index contributed by atoms with van der Waals surface area (Å²) in [6.45, 7) is 6.92. The summed E-state index contributed by atoms with van der Waals surface area (Å²) < 4.78 is 1.96. The van der Waals surface area contributed by atoms with Crippen molar-refractivity contribution in [2.75, 3.05) is 13.6 Å². The molecule has 1 unspecified atom stereocenters. The minimum Gasteiger partial charge on any atom is -0.356 e. The van der Waals surface area contributed by atoms with Gasteiger partial charge in [0.05, 0.1) is 6.54 Å². The van der Waals surface area contributed by atoms with Crippen LogP contribution in [-0.4, -0.2) is 29.3 Å². The van der Waals surface area contributed by atoms with Gasteiger partial charge in [0.1, 0.15) is 0 Å². The highest BCUT2D eigenvalue weighted by Gasteiger charge is 2.06. The van der Waals surface area contributed by atoms with Crippen LogP contribution in [0.15, 0.2) is 34.9 Å². The fraction of sp³-hybridized carbons (Fsp3) is 0.467.